The summed E-state index contributed by atoms with van der Waals surface area (Å²) in [6.45, 7) is 4.03. The Labute approximate surface area is 79.1 Å². The summed E-state index contributed by atoms with van der Waals surface area (Å²) in [6.07, 6.45) is 1.37. The van der Waals surface area contributed by atoms with E-state index in [1.54, 1.807) is 16.8 Å². The Morgan fingerprint density at radius 3 is 2.69 bits per heavy atom. The van der Waals surface area contributed by atoms with Gasteiger partial charge in [0, 0.05) is 26.7 Å². The van der Waals surface area contributed by atoms with Gasteiger partial charge in [-0.1, -0.05) is 13.3 Å². The first-order valence-corrected chi connectivity index (χ1v) is 4.83. The minimum absolute atomic E-state index is 0.0372. The fourth-order valence-corrected chi connectivity index (χ4v) is 1.55. The number of hydrogen-bond donors (Lipinski definition) is 1. The zero-order chi connectivity index (χ0) is 9.84. The van der Waals surface area contributed by atoms with E-state index in [0.717, 1.165) is 25.9 Å². The number of aliphatic hydroxyl groups excluding tert-OH is 1. The number of β-amino-alcohol motifs (C(OH)–C–C–N with tert-alkyl or cyclic N) is 1. The van der Waals surface area contributed by atoms with E-state index in [-0.39, 0.29) is 12.1 Å². The van der Waals surface area contributed by atoms with E-state index in [1.807, 2.05) is 6.92 Å². The van der Waals surface area contributed by atoms with Crippen molar-refractivity contribution in [3.63, 3.8) is 0 Å². The lowest BCUT2D eigenvalue weighted by Gasteiger charge is -2.19. The fourth-order valence-electron chi connectivity index (χ4n) is 1.55. The van der Waals surface area contributed by atoms with Gasteiger partial charge in [-0.05, 0) is 6.42 Å². The van der Waals surface area contributed by atoms with Crippen molar-refractivity contribution < 1.29 is 9.90 Å². The Bertz CT molecular complexity index is 184. The van der Waals surface area contributed by atoms with Gasteiger partial charge in [0.25, 0.3) is 0 Å². The van der Waals surface area contributed by atoms with Crippen LogP contribution in [0, 0.1) is 0 Å². The Hall–Kier alpha value is -0.770. The highest BCUT2D eigenvalue weighted by Crippen LogP contribution is 2.08. The van der Waals surface area contributed by atoms with Crippen LogP contribution >= 0.6 is 0 Å². The van der Waals surface area contributed by atoms with Crippen LogP contribution in [0.5, 0.6) is 0 Å². The summed E-state index contributed by atoms with van der Waals surface area (Å²) in [5.41, 5.74) is 0. The van der Waals surface area contributed by atoms with Crippen LogP contribution < -0.4 is 0 Å². The lowest BCUT2D eigenvalue weighted by atomic mass is 10.2. The lowest BCUT2D eigenvalue weighted by Crippen LogP contribution is -2.35. The quantitative estimate of drug-likeness (QED) is 0.695. The monoisotopic (exact) mass is 186 g/mol. The molecule has 1 saturated heterocycles. The van der Waals surface area contributed by atoms with Gasteiger partial charge >= 0.3 is 6.03 Å². The molecule has 0 bridgehead atoms. The second kappa shape index (κ2) is 4.46. The van der Waals surface area contributed by atoms with E-state index < -0.39 is 0 Å². The van der Waals surface area contributed by atoms with Crippen molar-refractivity contribution in [1.82, 2.24) is 9.80 Å². The smallest absolute Gasteiger partial charge is 0.319 e. The van der Waals surface area contributed by atoms with E-state index in [4.69, 9.17) is 0 Å². The van der Waals surface area contributed by atoms with Gasteiger partial charge in [-0.3, -0.25) is 0 Å². The van der Waals surface area contributed by atoms with Gasteiger partial charge in [0.1, 0.15) is 0 Å². The molecule has 4 nitrogen and oxygen atoms in total. The summed E-state index contributed by atoms with van der Waals surface area (Å²) in [5, 5.41) is 9.50. The molecule has 4 heteroatoms. The molecule has 1 fully saturated rings. The van der Waals surface area contributed by atoms with Crippen molar-refractivity contribution in [2.45, 2.75) is 25.9 Å². The van der Waals surface area contributed by atoms with Crippen LogP contribution in [0.1, 0.15) is 19.8 Å². The molecule has 0 radical (unpaired) electrons. The predicted octanol–water partition coefficient (Wildman–Crippen LogP) is 0.515. The van der Waals surface area contributed by atoms with Crippen molar-refractivity contribution >= 4 is 6.03 Å². The largest absolute Gasteiger partial charge is 0.391 e. The number of amides is 2. The standard InChI is InChI=1S/C9H18N2O2/c1-3-4-8(12)7-11-6-5-10(2)9(11)13/h8,12H,3-7H2,1-2H3. The molecule has 1 N–H and O–H groups in total. The zero-order valence-electron chi connectivity index (χ0n) is 8.36. The lowest BCUT2D eigenvalue weighted by molar-refractivity contribution is 0.120. The minimum atomic E-state index is -0.361. The maximum Gasteiger partial charge on any atom is 0.319 e. The zero-order valence-corrected chi connectivity index (χ0v) is 8.36. The van der Waals surface area contributed by atoms with Gasteiger partial charge in [-0.25, -0.2) is 4.79 Å². The van der Waals surface area contributed by atoms with Crippen LogP contribution in [0.15, 0.2) is 0 Å². The third kappa shape index (κ3) is 2.59. The average Bonchev–Trinajstić information content (AvgIpc) is 2.37. The molecule has 1 aliphatic heterocycles. The Morgan fingerprint density at radius 1 is 1.54 bits per heavy atom. The van der Waals surface area contributed by atoms with Gasteiger partial charge in [-0.2, -0.15) is 0 Å². The molecule has 0 saturated carbocycles. The second-order valence-electron chi connectivity index (χ2n) is 3.59. The Balaban J connectivity index is 2.33. The number of urea groups is 1. The number of carbonyl (C=O) groups is 1. The molecular weight excluding hydrogens is 168 g/mol. The van der Waals surface area contributed by atoms with Gasteiger partial charge in [-0.15, -0.1) is 0 Å². The van der Waals surface area contributed by atoms with Crippen molar-refractivity contribution in [1.29, 1.82) is 0 Å². The maximum atomic E-state index is 11.4. The fraction of sp³-hybridized carbons (Fsp3) is 0.889. The van der Waals surface area contributed by atoms with Crippen LogP contribution in [-0.2, 0) is 0 Å². The summed E-state index contributed by atoms with van der Waals surface area (Å²) in [5.74, 6) is 0. The predicted molar refractivity (Wildman–Crippen MR) is 50.5 cm³/mol. The van der Waals surface area contributed by atoms with Crippen molar-refractivity contribution in [3.8, 4) is 0 Å². The highest BCUT2D eigenvalue weighted by molar-refractivity contribution is 5.76. The molecule has 0 aromatic carbocycles. The first-order chi connectivity index (χ1) is 6.15. The third-order valence-corrected chi connectivity index (χ3v) is 2.36. The molecule has 0 aromatic heterocycles. The molecule has 0 aromatic rings. The summed E-state index contributed by atoms with van der Waals surface area (Å²) in [7, 11) is 1.79. The summed E-state index contributed by atoms with van der Waals surface area (Å²) >= 11 is 0. The molecule has 1 aliphatic rings. The SMILES string of the molecule is CCCC(O)CN1CCN(C)C1=O. The molecule has 1 atom stereocenters. The summed E-state index contributed by atoms with van der Waals surface area (Å²) in [4.78, 5) is 14.8. The molecule has 13 heavy (non-hydrogen) atoms. The van der Waals surface area contributed by atoms with E-state index in [1.165, 1.54) is 0 Å². The van der Waals surface area contributed by atoms with E-state index in [0.29, 0.717) is 6.54 Å². The highest BCUT2D eigenvalue weighted by Gasteiger charge is 2.26. The topological polar surface area (TPSA) is 43.8 Å². The number of likely N-dealkylation sites (N-methyl/N-ethyl adjacent to an activating group) is 1. The Morgan fingerprint density at radius 2 is 2.23 bits per heavy atom. The van der Waals surface area contributed by atoms with E-state index in [2.05, 4.69) is 0 Å². The number of hydrogen-bond acceptors (Lipinski definition) is 2. The normalized spacial score (nSPS) is 19.8. The molecule has 1 rings (SSSR count). The number of carbonyl (C=O) groups excluding carboxylic acids is 1. The second-order valence-corrected chi connectivity index (χ2v) is 3.59. The van der Waals surface area contributed by atoms with E-state index >= 15 is 0 Å². The highest BCUT2D eigenvalue weighted by atomic mass is 16.3. The Kier molecular flexibility index (Phi) is 3.54. The number of nitrogens with zero attached hydrogens (tertiary/aromatic N) is 2. The van der Waals surface area contributed by atoms with Gasteiger partial charge < -0.3 is 14.9 Å². The molecule has 1 unspecified atom stereocenters. The third-order valence-electron chi connectivity index (χ3n) is 2.36. The van der Waals surface area contributed by atoms with E-state index in [9.17, 15) is 9.90 Å². The van der Waals surface area contributed by atoms with Crippen LogP contribution in [-0.4, -0.2) is 53.7 Å². The maximum absolute atomic E-state index is 11.4. The minimum Gasteiger partial charge on any atom is -0.391 e. The van der Waals surface area contributed by atoms with Gasteiger partial charge in [0.15, 0.2) is 0 Å². The van der Waals surface area contributed by atoms with Crippen molar-refractivity contribution in [2.75, 3.05) is 26.7 Å². The summed E-state index contributed by atoms with van der Waals surface area (Å²) in [6, 6.07) is 0.0372. The average molecular weight is 186 g/mol. The number of rotatable bonds is 4. The van der Waals surface area contributed by atoms with Gasteiger partial charge in [0.2, 0.25) is 0 Å². The van der Waals surface area contributed by atoms with Gasteiger partial charge in [0.05, 0.1) is 6.10 Å². The van der Waals surface area contributed by atoms with Crippen LogP contribution in [0.4, 0.5) is 4.79 Å². The molecule has 76 valence electrons. The van der Waals surface area contributed by atoms with Crippen molar-refractivity contribution in [3.05, 3.63) is 0 Å². The molecule has 0 spiro atoms. The first kappa shape index (κ1) is 10.3. The molecule has 1 heterocycles. The van der Waals surface area contributed by atoms with Crippen molar-refractivity contribution in [2.24, 2.45) is 0 Å². The van der Waals surface area contributed by atoms with Crippen LogP contribution in [0.25, 0.3) is 0 Å². The van der Waals surface area contributed by atoms with Crippen LogP contribution in [0.3, 0.4) is 0 Å². The molecule has 2 amide bonds. The molecular formula is C9H18N2O2. The first-order valence-electron chi connectivity index (χ1n) is 4.83. The summed E-state index contributed by atoms with van der Waals surface area (Å²) < 4.78 is 0. The van der Waals surface area contributed by atoms with Crippen LogP contribution in [0.2, 0.25) is 0 Å². The molecule has 0 aliphatic carbocycles. The number of aliphatic hydroxyl groups is 1.